The van der Waals surface area contributed by atoms with Crippen LogP contribution in [-0.4, -0.2) is 22.1 Å². The Hall–Kier alpha value is -1.56. The van der Waals surface area contributed by atoms with Gasteiger partial charge in [0.25, 0.3) is 5.56 Å². The molecule has 0 saturated carbocycles. The number of carbonyl (C=O) groups is 1. The minimum absolute atomic E-state index is 0.0692. The van der Waals surface area contributed by atoms with Gasteiger partial charge in [-0.05, 0) is 28.9 Å². The summed E-state index contributed by atoms with van der Waals surface area (Å²) < 4.78 is 6.83. The van der Waals surface area contributed by atoms with Crippen LogP contribution < -0.4 is 5.56 Å². The number of pyridine rings is 1. The van der Waals surface area contributed by atoms with Crippen LogP contribution in [0.15, 0.2) is 27.7 Å². The maximum Gasteiger partial charge on any atom is 0.326 e. The first-order chi connectivity index (χ1) is 8.13. The Morgan fingerprint density at radius 3 is 3.06 bits per heavy atom. The van der Waals surface area contributed by atoms with E-state index in [2.05, 4.69) is 20.9 Å². The molecular weight excluding hydrogens is 288 g/mol. The average molecular weight is 299 g/mol. The number of carbonyl (C=O) groups excluding carboxylic acids is 1. The number of fused-ring (bicyclic) bond motifs is 1. The molecule has 0 saturated heterocycles. The molecule has 0 fully saturated rings. The molecule has 0 unspecified atom stereocenters. The van der Waals surface area contributed by atoms with Crippen molar-refractivity contribution in [3.63, 3.8) is 0 Å². The fourth-order valence-electron chi connectivity index (χ4n) is 1.61. The molecule has 0 aliphatic heterocycles. The first-order valence-electron chi connectivity index (χ1n) is 5.15. The van der Waals surface area contributed by atoms with Crippen molar-refractivity contribution >= 4 is 32.8 Å². The van der Waals surface area contributed by atoms with Gasteiger partial charge in [0.1, 0.15) is 6.54 Å². The molecule has 2 rings (SSSR count). The Morgan fingerprint density at radius 2 is 2.35 bits per heavy atom. The van der Waals surface area contributed by atoms with E-state index >= 15 is 0 Å². The second-order valence-corrected chi connectivity index (χ2v) is 4.33. The van der Waals surface area contributed by atoms with Crippen LogP contribution in [0, 0.1) is 0 Å². The number of aromatic nitrogens is 2. The number of hydrogen-bond donors (Lipinski definition) is 1. The highest BCUT2D eigenvalue weighted by molar-refractivity contribution is 9.10. The van der Waals surface area contributed by atoms with Gasteiger partial charge in [-0.2, -0.15) is 0 Å². The van der Waals surface area contributed by atoms with E-state index in [1.165, 1.54) is 4.57 Å². The Labute approximate surface area is 106 Å². The predicted molar refractivity (Wildman–Crippen MR) is 66.9 cm³/mol. The fourth-order valence-corrected chi connectivity index (χ4v) is 2.11. The van der Waals surface area contributed by atoms with Gasteiger partial charge in [0, 0.05) is 16.9 Å². The van der Waals surface area contributed by atoms with E-state index < -0.39 is 5.97 Å². The number of aromatic amines is 1. The van der Waals surface area contributed by atoms with Crippen molar-refractivity contribution in [1.29, 1.82) is 0 Å². The van der Waals surface area contributed by atoms with Crippen molar-refractivity contribution < 1.29 is 9.53 Å². The molecule has 0 aliphatic carbocycles. The highest BCUT2D eigenvalue weighted by atomic mass is 79.9. The third-order valence-electron chi connectivity index (χ3n) is 2.36. The summed E-state index contributed by atoms with van der Waals surface area (Å²) in [6.07, 6.45) is 3.27. The molecule has 0 bridgehead atoms. The van der Waals surface area contributed by atoms with E-state index in [-0.39, 0.29) is 12.1 Å². The SMILES string of the molecule is CCOC(=O)Cn1ccc2[nH]cc(Br)c2c1=O. The molecule has 90 valence electrons. The van der Waals surface area contributed by atoms with Gasteiger partial charge in [-0.1, -0.05) is 0 Å². The van der Waals surface area contributed by atoms with E-state index in [0.29, 0.717) is 16.5 Å². The zero-order chi connectivity index (χ0) is 12.4. The summed E-state index contributed by atoms with van der Waals surface area (Å²) in [5.41, 5.74) is 0.519. The summed E-state index contributed by atoms with van der Waals surface area (Å²) in [4.78, 5) is 26.3. The van der Waals surface area contributed by atoms with Crippen LogP contribution in [0.25, 0.3) is 10.9 Å². The van der Waals surface area contributed by atoms with E-state index in [1.54, 1.807) is 25.4 Å². The number of hydrogen-bond acceptors (Lipinski definition) is 3. The predicted octanol–water partition coefficient (Wildman–Crippen LogP) is 1.66. The summed E-state index contributed by atoms with van der Waals surface area (Å²) in [5, 5.41) is 0.539. The molecular formula is C11H11BrN2O3. The smallest absolute Gasteiger partial charge is 0.326 e. The molecule has 6 heteroatoms. The fraction of sp³-hybridized carbons (Fsp3) is 0.273. The lowest BCUT2D eigenvalue weighted by Gasteiger charge is -2.05. The van der Waals surface area contributed by atoms with Gasteiger partial charge in [0.05, 0.1) is 17.5 Å². The van der Waals surface area contributed by atoms with Crippen LogP contribution in [0.2, 0.25) is 0 Å². The third kappa shape index (κ3) is 2.26. The summed E-state index contributed by atoms with van der Waals surface area (Å²) in [7, 11) is 0. The number of ether oxygens (including phenoxy) is 1. The maximum atomic E-state index is 12.1. The number of H-pyrrole nitrogens is 1. The lowest BCUT2D eigenvalue weighted by atomic mass is 10.3. The number of nitrogens with zero attached hydrogens (tertiary/aromatic N) is 1. The largest absolute Gasteiger partial charge is 0.465 e. The second kappa shape index (κ2) is 4.75. The second-order valence-electron chi connectivity index (χ2n) is 3.48. The van der Waals surface area contributed by atoms with Crippen LogP contribution in [0.3, 0.4) is 0 Å². The standard InChI is InChI=1S/C11H11BrN2O3/c1-2-17-9(15)6-14-4-3-8-10(11(14)16)7(12)5-13-8/h3-5,13H,2,6H2,1H3. The van der Waals surface area contributed by atoms with Crippen molar-refractivity contribution in [3.8, 4) is 0 Å². The third-order valence-corrected chi connectivity index (χ3v) is 2.99. The van der Waals surface area contributed by atoms with Crippen molar-refractivity contribution in [1.82, 2.24) is 9.55 Å². The number of esters is 1. The van der Waals surface area contributed by atoms with Gasteiger partial charge in [0.15, 0.2) is 0 Å². The van der Waals surface area contributed by atoms with Gasteiger partial charge in [-0.3, -0.25) is 9.59 Å². The molecule has 0 radical (unpaired) electrons. The first-order valence-corrected chi connectivity index (χ1v) is 5.94. The first kappa shape index (κ1) is 11.9. The molecule has 5 nitrogen and oxygen atoms in total. The number of halogens is 1. The van der Waals surface area contributed by atoms with Crippen molar-refractivity contribution in [2.75, 3.05) is 6.61 Å². The molecule has 0 aliphatic rings. The van der Waals surface area contributed by atoms with Crippen molar-refractivity contribution in [3.05, 3.63) is 33.3 Å². The molecule has 2 aromatic rings. The summed E-state index contributed by atoms with van der Waals surface area (Å²) in [5.74, 6) is -0.416. The minimum atomic E-state index is -0.416. The maximum absolute atomic E-state index is 12.1. The number of rotatable bonds is 3. The quantitative estimate of drug-likeness (QED) is 0.877. The lowest BCUT2D eigenvalue weighted by Crippen LogP contribution is -2.24. The Balaban J connectivity index is 2.42. The summed E-state index contributed by atoms with van der Waals surface area (Å²) in [6, 6.07) is 1.75. The van der Waals surface area contributed by atoms with E-state index in [0.717, 1.165) is 5.52 Å². The Kier molecular flexibility index (Phi) is 3.33. The molecule has 2 heterocycles. The van der Waals surface area contributed by atoms with Crippen LogP contribution in [-0.2, 0) is 16.1 Å². The van der Waals surface area contributed by atoms with Crippen molar-refractivity contribution in [2.24, 2.45) is 0 Å². The molecule has 1 N–H and O–H groups in total. The molecule has 0 spiro atoms. The Morgan fingerprint density at radius 1 is 1.59 bits per heavy atom. The molecule has 2 aromatic heterocycles. The lowest BCUT2D eigenvalue weighted by molar-refractivity contribution is -0.143. The highest BCUT2D eigenvalue weighted by Crippen LogP contribution is 2.19. The van der Waals surface area contributed by atoms with E-state index in [4.69, 9.17) is 4.74 Å². The van der Waals surface area contributed by atoms with Gasteiger partial charge < -0.3 is 14.3 Å². The molecule has 0 aromatic carbocycles. The van der Waals surface area contributed by atoms with E-state index in [1.807, 2.05) is 0 Å². The van der Waals surface area contributed by atoms with Gasteiger partial charge in [-0.25, -0.2) is 0 Å². The van der Waals surface area contributed by atoms with Crippen molar-refractivity contribution in [2.45, 2.75) is 13.5 Å². The zero-order valence-electron chi connectivity index (χ0n) is 9.20. The summed E-state index contributed by atoms with van der Waals surface area (Å²) in [6.45, 7) is 1.97. The molecule has 0 atom stereocenters. The molecule has 0 amide bonds. The van der Waals surface area contributed by atoms with Crippen LogP contribution in [0.1, 0.15) is 6.92 Å². The normalized spacial score (nSPS) is 10.7. The number of nitrogens with one attached hydrogen (secondary N) is 1. The molecule has 17 heavy (non-hydrogen) atoms. The minimum Gasteiger partial charge on any atom is -0.465 e. The van der Waals surface area contributed by atoms with Crippen LogP contribution >= 0.6 is 15.9 Å². The van der Waals surface area contributed by atoms with Gasteiger partial charge in [-0.15, -0.1) is 0 Å². The van der Waals surface area contributed by atoms with Crippen LogP contribution in [0.4, 0.5) is 0 Å². The average Bonchev–Trinajstić information content (AvgIpc) is 2.65. The highest BCUT2D eigenvalue weighted by Gasteiger charge is 2.10. The van der Waals surface area contributed by atoms with Gasteiger partial charge in [0.2, 0.25) is 0 Å². The van der Waals surface area contributed by atoms with E-state index in [9.17, 15) is 9.59 Å². The summed E-state index contributed by atoms with van der Waals surface area (Å²) >= 11 is 3.29. The topological polar surface area (TPSA) is 64.1 Å². The Bertz CT molecular complexity index is 615. The monoisotopic (exact) mass is 298 g/mol. The van der Waals surface area contributed by atoms with Crippen LogP contribution in [0.5, 0.6) is 0 Å². The van der Waals surface area contributed by atoms with Gasteiger partial charge >= 0.3 is 5.97 Å². The zero-order valence-corrected chi connectivity index (χ0v) is 10.8.